The van der Waals surface area contributed by atoms with E-state index in [1.165, 1.54) is 0 Å². The molecule has 0 unspecified atom stereocenters. The normalized spacial score (nSPS) is 17.8. The molecule has 0 aliphatic carbocycles. The number of aliphatic imine (C=N–C) groups is 2. The number of ether oxygens (including phenoxy) is 1. The Bertz CT molecular complexity index is 371. The lowest BCUT2D eigenvalue weighted by Gasteiger charge is -2.22. The third-order valence-corrected chi connectivity index (χ3v) is 3.05. The maximum atomic E-state index is 11.8. The van der Waals surface area contributed by atoms with Crippen LogP contribution in [-0.2, 0) is 9.53 Å². The fourth-order valence-corrected chi connectivity index (χ4v) is 1.77. The van der Waals surface area contributed by atoms with Gasteiger partial charge in [0.05, 0.1) is 0 Å². The van der Waals surface area contributed by atoms with E-state index < -0.39 is 0 Å². The SMILES string of the molecule is CC=NCN/C=C/N=C(C)C(=O)NCC1CCOCC1. The molecular formula is C14H24N4O2. The van der Waals surface area contributed by atoms with Crippen molar-refractivity contribution >= 4 is 17.8 Å². The quantitative estimate of drug-likeness (QED) is 0.541. The van der Waals surface area contributed by atoms with Gasteiger partial charge in [-0.15, -0.1) is 0 Å². The van der Waals surface area contributed by atoms with Gasteiger partial charge in [-0.25, -0.2) is 0 Å². The van der Waals surface area contributed by atoms with Crippen LogP contribution in [0, 0.1) is 5.92 Å². The summed E-state index contributed by atoms with van der Waals surface area (Å²) in [5.41, 5.74) is 0.453. The third-order valence-electron chi connectivity index (χ3n) is 3.05. The van der Waals surface area contributed by atoms with Gasteiger partial charge in [0, 0.05) is 32.2 Å². The van der Waals surface area contributed by atoms with E-state index in [2.05, 4.69) is 20.6 Å². The van der Waals surface area contributed by atoms with Crippen LogP contribution in [0.5, 0.6) is 0 Å². The highest BCUT2D eigenvalue weighted by atomic mass is 16.5. The first-order valence-electron chi connectivity index (χ1n) is 6.97. The van der Waals surface area contributed by atoms with E-state index >= 15 is 0 Å². The highest BCUT2D eigenvalue weighted by Crippen LogP contribution is 2.12. The summed E-state index contributed by atoms with van der Waals surface area (Å²) in [6, 6.07) is 0. The highest BCUT2D eigenvalue weighted by molar-refractivity contribution is 6.38. The van der Waals surface area contributed by atoms with Crippen LogP contribution in [0.25, 0.3) is 0 Å². The van der Waals surface area contributed by atoms with Crippen LogP contribution in [0.4, 0.5) is 0 Å². The lowest BCUT2D eigenvalue weighted by atomic mass is 10.0. The molecule has 0 radical (unpaired) electrons. The van der Waals surface area contributed by atoms with E-state index in [1.807, 2.05) is 6.92 Å². The number of rotatable bonds is 7. The topological polar surface area (TPSA) is 75.1 Å². The molecule has 0 aromatic heterocycles. The van der Waals surface area contributed by atoms with Gasteiger partial charge in [-0.2, -0.15) is 0 Å². The van der Waals surface area contributed by atoms with Crippen LogP contribution in [0.15, 0.2) is 22.4 Å². The molecule has 1 fully saturated rings. The molecule has 0 aromatic rings. The largest absolute Gasteiger partial charge is 0.381 e. The first-order valence-corrected chi connectivity index (χ1v) is 6.97. The van der Waals surface area contributed by atoms with E-state index in [-0.39, 0.29) is 5.91 Å². The maximum Gasteiger partial charge on any atom is 0.265 e. The smallest absolute Gasteiger partial charge is 0.265 e. The number of hydrogen-bond donors (Lipinski definition) is 2. The standard InChI is InChI=1S/C14H24N4O2/c1-3-15-11-16-6-7-17-12(2)14(19)18-10-13-4-8-20-9-5-13/h3,6-7,13,16H,4-5,8-11H2,1-2H3,(H,18,19)/b7-6+,15-3?,17-12?. The Morgan fingerprint density at radius 3 is 2.85 bits per heavy atom. The van der Waals surface area contributed by atoms with Crippen LogP contribution in [0.2, 0.25) is 0 Å². The second kappa shape index (κ2) is 10.1. The number of nitrogens with zero attached hydrogens (tertiary/aromatic N) is 2. The van der Waals surface area contributed by atoms with Crippen molar-refractivity contribution < 1.29 is 9.53 Å². The zero-order valence-corrected chi connectivity index (χ0v) is 12.3. The van der Waals surface area contributed by atoms with Crippen molar-refractivity contribution in [2.75, 3.05) is 26.4 Å². The average molecular weight is 280 g/mol. The second-order valence-electron chi connectivity index (χ2n) is 4.60. The van der Waals surface area contributed by atoms with Crippen molar-refractivity contribution in [1.29, 1.82) is 0 Å². The van der Waals surface area contributed by atoms with Crippen molar-refractivity contribution in [2.24, 2.45) is 15.9 Å². The number of nitrogens with one attached hydrogen (secondary N) is 2. The van der Waals surface area contributed by atoms with Gasteiger partial charge in [0.1, 0.15) is 12.4 Å². The van der Waals surface area contributed by atoms with Crippen LogP contribution in [0.3, 0.4) is 0 Å². The fraction of sp³-hybridized carbons (Fsp3) is 0.643. The number of amides is 1. The summed E-state index contributed by atoms with van der Waals surface area (Å²) in [6.45, 7) is 6.36. The number of carbonyl (C=O) groups excluding carboxylic acids is 1. The highest BCUT2D eigenvalue weighted by Gasteiger charge is 2.15. The molecule has 0 aromatic carbocycles. The molecule has 20 heavy (non-hydrogen) atoms. The lowest BCUT2D eigenvalue weighted by Crippen LogP contribution is -2.35. The second-order valence-corrected chi connectivity index (χ2v) is 4.60. The van der Waals surface area contributed by atoms with Crippen molar-refractivity contribution in [3.05, 3.63) is 12.4 Å². The molecule has 0 bridgehead atoms. The predicted octanol–water partition coefficient (Wildman–Crippen LogP) is 1.10. The van der Waals surface area contributed by atoms with Gasteiger partial charge >= 0.3 is 0 Å². The van der Waals surface area contributed by atoms with Crippen molar-refractivity contribution in [2.45, 2.75) is 26.7 Å². The van der Waals surface area contributed by atoms with Gasteiger partial charge in [0.2, 0.25) is 0 Å². The van der Waals surface area contributed by atoms with Crippen LogP contribution < -0.4 is 10.6 Å². The Balaban J connectivity index is 2.23. The van der Waals surface area contributed by atoms with E-state index in [1.54, 1.807) is 25.5 Å². The van der Waals surface area contributed by atoms with E-state index in [0.29, 0.717) is 24.8 Å². The van der Waals surface area contributed by atoms with Gasteiger partial charge in [0.25, 0.3) is 5.91 Å². The summed E-state index contributed by atoms with van der Waals surface area (Å²) in [5, 5.41) is 5.84. The van der Waals surface area contributed by atoms with Crippen molar-refractivity contribution in [3.63, 3.8) is 0 Å². The van der Waals surface area contributed by atoms with Gasteiger partial charge in [-0.3, -0.25) is 14.8 Å². The Labute approximate surface area is 120 Å². The Kier molecular flexibility index (Phi) is 8.30. The first-order chi connectivity index (χ1) is 9.74. The monoisotopic (exact) mass is 280 g/mol. The van der Waals surface area contributed by atoms with Crippen LogP contribution in [0.1, 0.15) is 26.7 Å². The molecule has 1 saturated heterocycles. The van der Waals surface area contributed by atoms with Gasteiger partial charge in [-0.05, 0) is 38.8 Å². The molecule has 2 N–H and O–H groups in total. The Morgan fingerprint density at radius 2 is 2.15 bits per heavy atom. The fourth-order valence-electron chi connectivity index (χ4n) is 1.77. The molecule has 1 aliphatic rings. The maximum absolute atomic E-state index is 11.8. The molecule has 6 heteroatoms. The molecule has 0 spiro atoms. The Morgan fingerprint density at radius 1 is 1.40 bits per heavy atom. The average Bonchev–Trinajstić information content (AvgIpc) is 2.49. The van der Waals surface area contributed by atoms with Gasteiger partial charge in [0.15, 0.2) is 0 Å². The van der Waals surface area contributed by atoms with Crippen LogP contribution >= 0.6 is 0 Å². The molecule has 1 aliphatic heterocycles. The first kappa shape index (κ1) is 16.4. The molecular weight excluding hydrogens is 256 g/mol. The molecule has 1 amide bonds. The van der Waals surface area contributed by atoms with Crippen molar-refractivity contribution in [1.82, 2.24) is 10.6 Å². The molecule has 6 nitrogen and oxygen atoms in total. The van der Waals surface area contributed by atoms with Gasteiger partial charge in [-0.1, -0.05) is 0 Å². The van der Waals surface area contributed by atoms with Crippen molar-refractivity contribution in [3.8, 4) is 0 Å². The number of hydrogen-bond acceptors (Lipinski definition) is 5. The van der Waals surface area contributed by atoms with Crippen LogP contribution in [-0.4, -0.2) is 44.3 Å². The minimum absolute atomic E-state index is 0.118. The summed E-state index contributed by atoms with van der Waals surface area (Å²) in [6.07, 6.45) is 6.98. The summed E-state index contributed by atoms with van der Waals surface area (Å²) in [7, 11) is 0. The summed E-state index contributed by atoms with van der Waals surface area (Å²) in [4.78, 5) is 19.9. The number of carbonyl (C=O) groups is 1. The molecule has 1 rings (SSSR count). The predicted molar refractivity (Wildman–Crippen MR) is 81.0 cm³/mol. The zero-order chi connectivity index (χ0) is 14.6. The summed E-state index contributed by atoms with van der Waals surface area (Å²) >= 11 is 0. The molecule has 1 heterocycles. The summed E-state index contributed by atoms with van der Waals surface area (Å²) < 4.78 is 5.28. The lowest BCUT2D eigenvalue weighted by molar-refractivity contribution is -0.115. The van der Waals surface area contributed by atoms with E-state index in [4.69, 9.17) is 4.74 Å². The zero-order valence-electron chi connectivity index (χ0n) is 12.3. The van der Waals surface area contributed by atoms with Gasteiger partial charge < -0.3 is 15.4 Å². The minimum Gasteiger partial charge on any atom is -0.381 e. The Hall–Kier alpha value is -1.69. The minimum atomic E-state index is -0.118. The molecule has 0 saturated carbocycles. The third kappa shape index (κ3) is 7.04. The molecule has 112 valence electrons. The molecule has 0 atom stereocenters. The van der Waals surface area contributed by atoms with E-state index in [9.17, 15) is 4.79 Å². The summed E-state index contributed by atoms with van der Waals surface area (Å²) in [5.74, 6) is 0.400. The van der Waals surface area contributed by atoms with E-state index in [0.717, 1.165) is 26.1 Å².